The van der Waals surface area contributed by atoms with Gasteiger partial charge in [-0.05, 0) is 59.9 Å². The molecule has 1 aliphatic heterocycles. The first-order chi connectivity index (χ1) is 17.7. The van der Waals surface area contributed by atoms with Crippen molar-refractivity contribution >= 4 is 5.91 Å². The van der Waals surface area contributed by atoms with Crippen LogP contribution in [0.15, 0.2) is 95.4 Å². The largest absolute Gasteiger partial charge is 0.494 e. The molecule has 0 fully saturated rings. The van der Waals surface area contributed by atoms with Crippen LogP contribution in [-0.4, -0.2) is 28.9 Å². The number of hydrogen-bond acceptors (Lipinski definition) is 4. The number of carbonyl (C=O) groups is 1. The van der Waals surface area contributed by atoms with Gasteiger partial charge in [0.15, 0.2) is 5.76 Å². The highest BCUT2D eigenvalue weighted by Gasteiger charge is 2.24. The van der Waals surface area contributed by atoms with Gasteiger partial charge in [-0.1, -0.05) is 66.7 Å². The maximum atomic E-state index is 13.2. The fourth-order valence-corrected chi connectivity index (χ4v) is 4.75. The maximum absolute atomic E-state index is 13.2. The third-order valence-corrected chi connectivity index (χ3v) is 6.56. The molecule has 0 radical (unpaired) electrons. The second-order valence-corrected chi connectivity index (χ2v) is 9.22. The Morgan fingerprint density at radius 1 is 0.833 bits per heavy atom. The van der Waals surface area contributed by atoms with Crippen LogP contribution in [0.5, 0.6) is 5.75 Å². The summed E-state index contributed by atoms with van der Waals surface area (Å²) in [5.41, 5.74) is 4.98. The Morgan fingerprint density at radius 3 is 2.28 bits per heavy atom. The van der Waals surface area contributed by atoms with E-state index in [0.29, 0.717) is 32.0 Å². The molecule has 0 N–H and O–H groups in total. The third-order valence-electron chi connectivity index (χ3n) is 6.56. The van der Waals surface area contributed by atoms with Gasteiger partial charge in [0.1, 0.15) is 11.5 Å². The van der Waals surface area contributed by atoms with Crippen LogP contribution in [0.2, 0.25) is 0 Å². The molecular formula is C31H32N2O3. The van der Waals surface area contributed by atoms with Crippen molar-refractivity contribution in [2.24, 2.45) is 0 Å². The zero-order valence-electron chi connectivity index (χ0n) is 20.7. The topological polar surface area (TPSA) is 45.9 Å². The first kappa shape index (κ1) is 23.9. The lowest BCUT2D eigenvalue weighted by molar-refractivity contribution is 0.0698. The Kier molecular flexibility index (Phi) is 7.48. The summed E-state index contributed by atoms with van der Waals surface area (Å²) < 4.78 is 11.7. The van der Waals surface area contributed by atoms with Crippen LogP contribution in [0, 0.1) is 0 Å². The van der Waals surface area contributed by atoms with E-state index in [2.05, 4.69) is 59.5 Å². The quantitative estimate of drug-likeness (QED) is 0.291. The van der Waals surface area contributed by atoms with Crippen molar-refractivity contribution < 1.29 is 13.9 Å². The lowest BCUT2D eigenvalue weighted by atomic mass is 10.00. The molecule has 1 amide bonds. The number of nitrogens with zero attached hydrogens (tertiary/aromatic N) is 2. The van der Waals surface area contributed by atoms with E-state index in [1.807, 2.05) is 48.2 Å². The highest BCUT2D eigenvalue weighted by Crippen LogP contribution is 2.22. The number of rotatable bonds is 9. The van der Waals surface area contributed by atoms with Crippen LogP contribution >= 0.6 is 0 Å². The Morgan fingerprint density at radius 2 is 1.53 bits per heavy atom. The van der Waals surface area contributed by atoms with Crippen LogP contribution in [0.4, 0.5) is 0 Å². The van der Waals surface area contributed by atoms with E-state index in [1.165, 1.54) is 22.3 Å². The predicted molar refractivity (Wildman–Crippen MR) is 141 cm³/mol. The van der Waals surface area contributed by atoms with Crippen molar-refractivity contribution in [2.45, 2.75) is 39.5 Å². The molecule has 36 heavy (non-hydrogen) atoms. The van der Waals surface area contributed by atoms with E-state index in [9.17, 15) is 4.79 Å². The Balaban J connectivity index is 1.28. The summed E-state index contributed by atoms with van der Waals surface area (Å²) in [6, 6.07) is 30.7. The first-order valence-electron chi connectivity index (χ1n) is 12.6. The highest BCUT2D eigenvalue weighted by atomic mass is 16.5. The average Bonchev–Trinajstić information content (AvgIpc) is 3.38. The van der Waals surface area contributed by atoms with Gasteiger partial charge in [0.25, 0.3) is 5.91 Å². The van der Waals surface area contributed by atoms with Gasteiger partial charge in [0.05, 0.1) is 13.2 Å². The number of furan rings is 1. The summed E-state index contributed by atoms with van der Waals surface area (Å²) in [5.74, 6) is 2.03. The minimum Gasteiger partial charge on any atom is -0.494 e. The molecule has 5 heteroatoms. The van der Waals surface area contributed by atoms with Crippen LogP contribution < -0.4 is 4.74 Å². The zero-order valence-corrected chi connectivity index (χ0v) is 20.7. The van der Waals surface area contributed by atoms with Gasteiger partial charge in [-0.25, -0.2) is 0 Å². The standard InChI is InChI=1S/C31H32N2O3/c1-2-35-28-14-12-25(13-15-28)21-32(20-24-8-4-3-5-9-24)23-29-16-17-30(36-29)31(34)33-19-18-26-10-6-7-11-27(26)22-33/h3-17H,2,18-23H2,1H3. The lowest BCUT2D eigenvalue weighted by Crippen LogP contribution is -2.35. The fraction of sp³-hybridized carbons (Fsp3) is 0.258. The van der Waals surface area contributed by atoms with Crippen LogP contribution in [0.25, 0.3) is 0 Å². The smallest absolute Gasteiger partial charge is 0.289 e. The van der Waals surface area contributed by atoms with Crippen molar-refractivity contribution in [3.05, 3.63) is 125 Å². The molecule has 184 valence electrons. The molecule has 0 saturated heterocycles. The molecule has 0 unspecified atom stereocenters. The van der Waals surface area contributed by atoms with E-state index >= 15 is 0 Å². The predicted octanol–water partition coefficient (Wildman–Crippen LogP) is 6.08. The Labute approximate surface area is 212 Å². The maximum Gasteiger partial charge on any atom is 0.289 e. The molecule has 0 bridgehead atoms. The van der Waals surface area contributed by atoms with E-state index in [1.54, 1.807) is 0 Å². The van der Waals surface area contributed by atoms with Gasteiger partial charge in [-0.3, -0.25) is 9.69 Å². The number of benzene rings is 3. The normalized spacial score (nSPS) is 13.0. The van der Waals surface area contributed by atoms with Crippen molar-refractivity contribution in [2.75, 3.05) is 13.2 Å². The van der Waals surface area contributed by atoms with E-state index in [4.69, 9.17) is 9.15 Å². The van der Waals surface area contributed by atoms with E-state index in [-0.39, 0.29) is 5.91 Å². The molecule has 2 heterocycles. The van der Waals surface area contributed by atoms with Crippen molar-refractivity contribution in [1.29, 1.82) is 0 Å². The lowest BCUT2D eigenvalue weighted by Gasteiger charge is -2.28. The third kappa shape index (κ3) is 5.86. The summed E-state index contributed by atoms with van der Waals surface area (Å²) >= 11 is 0. The number of hydrogen-bond donors (Lipinski definition) is 0. The minimum absolute atomic E-state index is 0.0446. The van der Waals surface area contributed by atoms with Crippen molar-refractivity contribution in [3.8, 4) is 5.75 Å². The Bertz CT molecular complexity index is 1280. The second-order valence-electron chi connectivity index (χ2n) is 9.22. The summed E-state index contributed by atoms with van der Waals surface area (Å²) in [6.07, 6.45) is 0.877. The van der Waals surface area contributed by atoms with E-state index < -0.39 is 0 Å². The number of ether oxygens (including phenoxy) is 1. The molecule has 0 spiro atoms. The van der Waals surface area contributed by atoms with Crippen molar-refractivity contribution in [3.63, 3.8) is 0 Å². The summed E-state index contributed by atoms with van der Waals surface area (Å²) in [5, 5.41) is 0. The molecule has 5 nitrogen and oxygen atoms in total. The first-order valence-corrected chi connectivity index (χ1v) is 12.6. The number of amides is 1. The van der Waals surface area contributed by atoms with Gasteiger partial charge in [0, 0.05) is 26.2 Å². The molecule has 3 aromatic carbocycles. The van der Waals surface area contributed by atoms with Crippen LogP contribution in [0.3, 0.4) is 0 Å². The summed E-state index contributed by atoms with van der Waals surface area (Å²) in [7, 11) is 0. The zero-order chi connectivity index (χ0) is 24.7. The van der Waals surface area contributed by atoms with Gasteiger partial charge in [-0.2, -0.15) is 0 Å². The molecule has 0 saturated carbocycles. The summed E-state index contributed by atoms with van der Waals surface area (Å²) in [4.78, 5) is 17.4. The molecule has 0 aliphatic carbocycles. The molecule has 5 rings (SSSR count). The molecule has 1 aliphatic rings. The summed E-state index contributed by atoms with van der Waals surface area (Å²) in [6.45, 7) is 6.13. The molecule has 1 aromatic heterocycles. The van der Waals surface area contributed by atoms with E-state index in [0.717, 1.165) is 31.0 Å². The Hall–Kier alpha value is -3.83. The second kappa shape index (κ2) is 11.3. The number of carbonyl (C=O) groups excluding carboxylic acids is 1. The van der Waals surface area contributed by atoms with Gasteiger partial charge in [0.2, 0.25) is 0 Å². The van der Waals surface area contributed by atoms with Gasteiger partial charge >= 0.3 is 0 Å². The SMILES string of the molecule is CCOc1ccc(CN(Cc2ccccc2)Cc2ccc(C(=O)N3CCc4ccccc4C3)o2)cc1. The number of fused-ring (bicyclic) bond motifs is 1. The van der Waals surface area contributed by atoms with Crippen molar-refractivity contribution in [1.82, 2.24) is 9.80 Å². The minimum atomic E-state index is -0.0446. The molecular weight excluding hydrogens is 448 g/mol. The molecule has 4 aromatic rings. The fourth-order valence-electron chi connectivity index (χ4n) is 4.75. The van der Waals surface area contributed by atoms with Gasteiger partial charge in [-0.15, -0.1) is 0 Å². The van der Waals surface area contributed by atoms with Crippen LogP contribution in [-0.2, 0) is 32.6 Å². The highest BCUT2D eigenvalue weighted by molar-refractivity contribution is 5.91. The monoisotopic (exact) mass is 480 g/mol. The average molecular weight is 481 g/mol. The van der Waals surface area contributed by atoms with Gasteiger partial charge < -0.3 is 14.1 Å². The van der Waals surface area contributed by atoms with Crippen LogP contribution in [0.1, 0.15) is 45.5 Å². The molecule has 0 atom stereocenters.